The van der Waals surface area contributed by atoms with Crippen LogP contribution in [0.25, 0.3) is 0 Å². The number of carbonyl (C=O) groups is 1. The summed E-state index contributed by atoms with van der Waals surface area (Å²) in [5.74, 6) is 0.113. The molecule has 0 aliphatic rings. The van der Waals surface area contributed by atoms with Gasteiger partial charge in [-0.2, -0.15) is 0 Å². The lowest BCUT2D eigenvalue weighted by molar-refractivity contribution is -0.112. The molecule has 0 saturated heterocycles. The Labute approximate surface area is 114 Å². The monoisotopic (exact) mass is 250 g/mol. The minimum Gasteiger partial charge on any atom is -0.295 e. The van der Waals surface area contributed by atoms with Crippen molar-refractivity contribution in [3.05, 3.63) is 83.4 Å². The molecule has 1 heteroatoms. The van der Waals surface area contributed by atoms with Crippen molar-refractivity contribution < 1.29 is 4.79 Å². The Kier molecular flexibility index (Phi) is 4.68. The fraction of sp³-hybridized carbons (Fsp3) is 0.167. The van der Waals surface area contributed by atoms with E-state index in [1.165, 1.54) is 11.1 Å². The Morgan fingerprint density at radius 3 is 1.63 bits per heavy atom. The van der Waals surface area contributed by atoms with Crippen LogP contribution < -0.4 is 0 Å². The molecule has 0 amide bonds. The zero-order valence-electron chi connectivity index (χ0n) is 11.2. The standard InChI is InChI=1S/C18H18O/c1-15(19)12-18(13-16-8-4-2-5-9-16)14-17-10-6-3-7-11-17/h2-12H,13-14H2,1H3. The molecule has 0 heterocycles. The minimum absolute atomic E-state index is 0.113. The fourth-order valence-corrected chi connectivity index (χ4v) is 2.17. The second kappa shape index (κ2) is 6.69. The quantitative estimate of drug-likeness (QED) is 0.733. The molecule has 0 aliphatic heterocycles. The van der Waals surface area contributed by atoms with E-state index in [4.69, 9.17) is 0 Å². The Morgan fingerprint density at radius 2 is 1.26 bits per heavy atom. The van der Waals surface area contributed by atoms with Gasteiger partial charge in [-0.15, -0.1) is 0 Å². The highest BCUT2D eigenvalue weighted by Crippen LogP contribution is 2.14. The average molecular weight is 250 g/mol. The van der Waals surface area contributed by atoms with Crippen molar-refractivity contribution >= 4 is 5.78 Å². The van der Waals surface area contributed by atoms with Gasteiger partial charge in [-0.05, 0) is 37.0 Å². The molecule has 0 aliphatic carbocycles. The van der Waals surface area contributed by atoms with E-state index >= 15 is 0 Å². The molecule has 0 atom stereocenters. The van der Waals surface area contributed by atoms with Crippen molar-refractivity contribution in [2.24, 2.45) is 0 Å². The largest absolute Gasteiger partial charge is 0.295 e. The molecular weight excluding hydrogens is 232 g/mol. The van der Waals surface area contributed by atoms with Gasteiger partial charge in [0.05, 0.1) is 0 Å². The number of rotatable bonds is 5. The molecule has 96 valence electrons. The molecule has 2 aromatic carbocycles. The van der Waals surface area contributed by atoms with Gasteiger partial charge >= 0.3 is 0 Å². The summed E-state index contributed by atoms with van der Waals surface area (Å²) in [7, 11) is 0. The number of hydrogen-bond acceptors (Lipinski definition) is 1. The maximum atomic E-state index is 11.4. The van der Waals surface area contributed by atoms with E-state index in [1.54, 1.807) is 13.0 Å². The molecule has 2 rings (SSSR count). The van der Waals surface area contributed by atoms with Crippen LogP contribution in [0.4, 0.5) is 0 Å². The highest BCUT2D eigenvalue weighted by Gasteiger charge is 2.03. The van der Waals surface area contributed by atoms with Gasteiger partial charge in [0.1, 0.15) is 0 Å². The first kappa shape index (κ1) is 13.3. The van der Waals surface area contributed by atoms with Crippen LogP contribution in [0.2, 0.25) is 0 Å². The molecule has 0 N–H and O–H groups in total. The molecule has 0 saturated carbocycles. The zero-order valence-corrected chi connectivity index (χ0v) is 11.2. The van der Waals surface area contributed by atoms with Crippen molar-refractivity contribution in [2.45, 2.75) is 19.8 Å². The highest BCUT2D eigenvalue weighted by molar-refractivity contribution is 5.88. The molecule has 1 nitrogen and oxygen atoms in total. The highest BCUT2D eigenvalue weighted by atomic mass is 16.1. The summed E-state index contributed by atoms with van der Waals surface area (Å²) in [5, 5.41) is 0. The lowest BCUT2D eigenvalue weighted by Gasteiger charge is -2.08. The van der Waals surface area contributed by atoms with Crippen LogP contribution >= 0.6 is 0 Å². The lowest BCUT2D eigenvalue weighted by atomic mass is 9.97. The fourth-order valence-electron chi connectivity index (χ4n) is 2.17. The maximum Gasteiger partial charge on any atom is 0.152 e. The lowest BCUT2D eigenvalue weighted by Crippen LogP contribution is -1.98. The molecule has 2 aromatic rings. The van der Waals surface area contributed by atoms with E-state index in [1.807, 2.05) is 36.4 Å². The normalized spacial score (nSPS) is 9.95. The molecule has 0 bridgehead atoms. The smallest absolute Gasteiger partial charge is 0.152 e. The van der Waals surface area contributed by atoms with Gasteiger partial charge in [0.15, 0.2) is 5.78 Å². The first-order chi connectivity index (χ1) is 9.24. The minimum atomic E-state index is 0.113. The van der Waals surface area contributed by atoms with E-state index < -0.39 is 0 Å². The van der Waals surface area contributed by atoms with Crippen molar-refractivity contribution in [3.8, 4) is 0 Å². The third kappa shape index (κ3) is 4.55. The van der Waals surface area contributed by atoms with E-state index in [-0.39, 0.29) is 5.78 Å². The first-order valence-corrected chi connectivity index (χ1v) is 6.52. The predicted molar refractivity (Wildman–Crippen MR) is 79.1 cm³/mol. The summed E-state index contributed by atoms with van der Waals surface area (Å²) in [6, 6.07) is 20.5. The number of carbonyl (C=O) groups excluding carboxylic acids is 1. The first-order valence-electron chi connectivity index (χ1n) is 6.52. The second-order valence-electron chi connectivity index (χ2n) is 4.74. The van der Waals surface area contributed by atoms with Crippen molar-refractivity contribution in [1.29, 1.82) is 0 Å². The van der Waals surface area contributed by atoms with E-state index in [2.05, 4.69) is 24.3 Å². The molecule has 0 radical (unpaired) electrons. The topological polar surface area (TPSA) is 17.1 Å². The van der Waals surface area contributed by atoms with E-state index in [9.17, 15) is 4.79 Å². The van der Waals surface area contributed by atoms with Crippen molar-refractivity contribution in [2.75, 3.05) is 0 Å². The van der Waals surface area contributed by atoms with E-state index in [0.717, 1.165) is 18.4 Å². The molecule has 0 unspecified atom stereocenters. The van der Waals surface area contributed by atoms with Crippen LogP contribution in [0.5, 0.6) is 0 Å². The predicted octanol–water partition coefficient (Wildman–Crippen LogP) is 3.99. The average Bonchev–Trinajstić information content (AvgIpc) is 2.40. The summed E-state index contributed by atoms with van der Waals surface area (Å²) >= 11 is 0. The van der Waals surface area contributed by atoms with Gasteiger partial charge in [-0.1, -0.05) is 66.2 Å². The van der Waals surface area contributed by atoms with Crippen LogP contribution in [-0.2, 0) is 17.6 Å². The Balaban J connectivity index is 2.16. The molecule has 0 fully saturated rings. The SMILES string of the molecule is CC(=O)C=C(Cc1ccccc1)Cc1ccccc1. The van der Waals surface area contributed by atoms with Crippen LogP contribution in [-0.4, -0.2) is 5.78 Å². The molecular formula is C18H18O. The van der Waals surface area contributed by atoms with Gasteiger partial charge in [0.2, 0.25) is 0 Å². The Bertz CT molecular complexity index is 509. The molecule has 19 heavy (non-hydrogen) atoms. The number of hydrogen-bond donors (Lipinski definition) is 0. The number of ketones is 1. The van der Waals surface area contributed by atoms with Crippen molar-refractivity contribution in [1.82, 2.24) is 0 Å². The van der Waals surface area contributed by atoms with Gasteiger partial charge in [0.25, 0.3) is 0 Å². The summed E-state index contributed by atoms with van der Waals surface area (Å²) in [6.07, 6.45) is 3.42. The van der Waals surface area contributed by atoms with Gasteiger partial charge in [-0.25, -0.2) is 0 Å². The van der Waals surface area contributed by atoms with Crippen LogP contribution in [0.1, 0.15) is 18.1 Å². The zero-order chi connectivity index (χ0) is 13.5. The molecule has 0 spiro atoms. The number of benzene rings is 2. The van der Waals surface area contributed by atoms with Gasteiger partial charge < -0.3 is 0 Å². The van der Waals surface area contributed by atoms with Crippen LogP contribution in [0.15, 0.2) is 72.3 Å². The Hall–Kier alpha value is -2.15. The summed E-state index contributed by atoms with van der Waals surface area (Å²) in [6.45, 7) is 1.61. The van der Waals surface area contributed by atoms with Crippen LogP contribution in [0, 0.1) is 0 Å². The second-order valence-corrected chi connectivity index (χ2v) is 4.74. The number of allylic oxidation sites excluding steroid dienone is 2. The maximum absolute atomic E-state index is 11.4. The third-order valence-corrected chi connectivity index (χ3v) is 2.96. The van der Waals surface area contributed by atoms with Crippen LogP contribution in [0.3, 0.4) is 0 Å². The van der Waals surface area contributed by atoms with Gasteiger partial charge in [0, 0.05) is 0 Å². The molecule has 0 aromatic heterocycles. The summed E-state index contributed by atoms with van der Waals surface area (Å²) < 4.78 is 0. The third-order valence-electron chi connectivity index (χ3n) is 2.96. The summed E-state index contributed by atoms with van der Waals surface area (Å²) in [4.78, 5) is 11.4. The van der Waals surface area contributed by atoms with E-state index in [0.29, 0.717) is 0 Å². The van der Waals surface area contributed by atoms with Crippen molar-refractivity contribution in [3.63, 3.8) is 0 Å². The van der Waals surface area contributed by atoms with Gasteiger partial charge in [-0.3, -0.25) is 4.79 Å². The Morgan fingerprint density at radius 1 is 0.842 bits per heavy atom. The summed E-state index contributed by atoms with van der Waals surface area (Å²) in [5.41, 5.74) is 3.64.